The third-order valence-corrected chi connectivity index (χ3v) is 4.46. The highest BCUT2D eigenvalue weighted by molar-refractivity contribution is 5.89. The summed E-state index contributed by atoms with van der Waals surface area (Å²) in [6.45, 7) is 4.23. The molecular weight excluding hydrogens is 348 g/mol. The van der Waals surface area contributed by atoms with E-state index in [0.717, 1.165) is 33.7 Å². The minimum absolute atomic E-state index is 0.148. The van der Waals surface area contributed by atoms with Crippen LogP contribution in [0.1, 0.15) is 22.4 Å². The van der Waals surface area contributed by atoms with Crippen molar-refractivity contribution in [3.8, 4) is 11.5 Å². The molecule has 0 bridgehead atoms. The molecule has 27 heavy (non-hydrogen) atoms. The number of carboxylic acid groups (broad SMARTS) is 1. The molecule has 0 radical (unpaired) electrons. The second-order valence-corrected chi connectivity index (χ2v) is 6.12. The van der Waals surface area contributed by atoms with E-state index in [9.17, 15) is 4.79 Å². The normalized spacial score (nSPS) is 13.2. The number of aromatic nitrogens is 2. The Bertz CT molecular complexity index is 891. The van der Waals surface area contributed by atoms with Gasteiger partial charge in [-0.15, -0.1) is 0 Å². The quantitative estimate of drug-likeness (QED) is 0.684. The number of hydrogen-bond donors (Lipinski definition) is 3. The Balaban J connectivity index is 2.04. The van der Waals surface area contributed by atoms with E-state index in [0.29, 0.717) is 18.0 Å². The van der Waals surface area contributed by atoms with Crippen LogP contribution in [0.4, 0.5) is 0 Å². The number of nitrogens with one attached hydrogen (secondary N) is 2. The van der Waals surface area contributed by atoms with E-state index < -0.39 is 5.97 Å². The third kappa shape index (κ3) is 3.52. The molecule has 2 heterocycles. The van der Waals surface area contributed by atoms with Crippen LogP contribution in [0, 0.1) is 0 Å². The molecule has 0 spiro atoms. The molecule has 1 aliphatic heterocycles. The highest BCUT2D eigenvalue weighted by Gasteiger charge is 2.24. The van der Waals surface area contributed by atoms with Gasteiger partial charge in [0.25, 0.3) is 0 Å². The molecule has 142 valence electrons. The van der Waals surface area contributed by atoms with Crippen LogP contribution in [0.15, 0.2) is 31.1 Å². The van der Waals surface area contributed by atoms with Gasteiger partial charge in [0.2, 0.25) is 0 Å². The van der Waals surface area contributed by atoms with Crippen molar-refractivity contribution in [2.75, 3.05) is 27.8 Å². The van der Waals surface area contributed by atoms with Crippen molar-refractivity contribution in [3.63, 3.8) is 0 Å². The molecule has 2 aromatic rings. The Morgan fingerprint density at radius 2 is 2.00 bits per heavy atom. The monoisotopic (exact) mass is 370 g/mol. The van der Waals surface area contributed by atoms with Crippen molar-refractivity contribution >= 4 is 17.2 Å². The van der Waals surface area contributed by atoms with Gasteiger partial charge in [-0.05, 0) is 17.7 Å². The summed E-state index contributed by atoms with van der Waals surface area (Å²) in [6, 6.07) is 3.82. The minimum Gasteiger partial charge on any atom is -0.496 e. The van der Waals surface area contributed by atoms with E-state index >= 15 is 0 Å². The first-order valence-electron chi connectivity index (χ1n) is 8.31. The van der Waals surface area contributed by atoms with Crippen LogP contribution < -0.4 is 14.8 Å². The summed E-state index contributed by atoms with van der Waals surface area (Å²) >= 11 is 0. The minimum atomic E-state index is -0.923. The maximum atomic E-state index is 10.8. The van der Waals surface area contributed by atoms with Gasteiger partial charge in [-0.3, -0.25) is 9.89 Å². The van der Waals surface area contributed by atoms with Crippen LogP contribution in [0.2, 0.25) is 0 Å². The predicted molar refractivity (Wildman–Crippen MR) is 101 cm³/mol. The Morgan fingerprint density at radius 3 is 2.59 bits per heavy atom. The first kappa shape index (κ1) is 18.5. The van der Waals surface area contributed by atoms with Crippen LogP contribution in [0.5, 0.6) is 11.5 Å². The number of ether oxygens (including phenoxy) is 2. The van der Waals surface area contributed by atoms with Crippen molar-refractivity contribution in [1.82, 2.24) is 20.4 Å². The lowest BCUT2D eigenvalue weighted by Gasteiger charge is -2.25. The van der Waals surface area contributed by atoms with Gasteiger partial charge in [-0.1, -0.05) is 6.58 Å². The molecule has 8 nitrogen and oxygen atoms in total. The lowest BCUT2D eigenvalue weighted by atomic mass is 9.94. The average Bonchev–Trinajstić information content (AvgIpc) is 3.14. The van der Waals surface area contributed by atoms with E-state index in [4.69, 9.17) is 14.6 Å². The summed E-state index contributed by atoms with van der Waals surface area (Å²) in [7, 11) is 5.07. The Hall–Kier alpha value is -3.26. The number of aromatic amines is 1. The molecule has 3 N–H and O–H groups in total. The molecule has 0 atom stereocenters. The van der Waals surface area contributed by atoms with Gasteiger partial charge >= 0.3 is 5.97 Å². The van der Waals surface area contributed by atoms with Crippen LogP contribution in [-0.4, -0.2) is 54.0 Å². The molecule has 1 aromatic carbocycles. The van der Waals surface area contributed by atoms with Gasteiger partial charge in [0.1, 0.15) is 11.5 Å². The zero-order valence-corrected chi connectivity index (χ0v) is 15.5. The predicted octanol–water partition coefficient (Wildman–Crippen LogP) is 1.91. The van der Waals surface area contributed by atoms with Gasteiger partial charge in [-0.2, -0.15) is 5.10 Å². The third-order valence-electron chi connectivity index (χ3n) is 4.46. The maximum absolute atomic E-state index is 10.8. The number of benzene rings is 1. The fourth-order valence-corrected chi connectivity index (χ4v) is 3.07. The first-order valence-corrected chi connectivity index (χ1v) is 8.31. The summed E-state index contributed by atoms with van der Waals surface area (Å²) in [5.41, 5.74) is 5.24. The van der Waals surface area contributed by atoms with Gasteiger partial charge in [0, 0.05) is 36.5 Å². The molecule has 1 aromatic heterocycles. The average molecular weight is 370 g/mol. The van der Waals surface area contributed by atoms with Crippen molar-refractivity contribution in [2.45, 2.75) is 6.54 Å². The van der Waals surface area contributed by atoms with E-state index in [-0.39, 0.29) is 6.54 Å². The molecular formula is C19H22N4O4. The van der Waals surface area contributed by atoms with Crippen LogP contribution >= 0.6 is 0 Å². The fourth-order valence-electron chi connectivity index (χ4n) is 3.07. The standard InChI is InChI=1S/C19H22N4O4/c1-11-19-13(8-21-22-19)15(10-23(11)2)12-5-16(26-3)14(17(6-12)27-4)7-20-9-18(24)25/h5-6,8,10,20H,1,7,9H2,2-4H3,(H,21,22)(H,24,25). The molecule has 0 aliphatic carbocycles. The molecule has 3 rings (SSSR count). The SMILES string of the molecule is C=C1c2[nH]ncc2C(c2cc(OC)c(CNCC(=O)O)c(OC)c2)=CN1C. The van der Waals surface area contributed by atoms with Gasteiger partial charge in [0.05, 0.1) is 38.4 Å². The number of carbonyl (C=O) groups is 1. The van der Waals surface area contributed by atoms with Crippen molar-refractivity contribution in [2.24, 2.45) is 0 Å². The molecule has 0 saturated heterocycles. The maximum Gasteiger partial charge on any atom is 0.317 e. The summed E-state index contributed by atoms with van der Waals surface area (Å²) in [5, 5.41) is 18.8. The second kappa shape index (κ2) is 7.55. The highest BCUT2D eigenvalue weighted by Crippen LogP contribution is 2.39. The van der Waals surface area contributed by atoms with Crippen LogP contribution in [-0.2, 0) is 11.3 Å². The Morgan fingerprint density at radius 1 is 1.33 bits per heavy atom. The van der Waals surface area contributed by atoms with E-state index in [1.165, 1.54) is 0 Å². The number of aliphatic carboxylic acids is 1. The number of methoxy groups -OCH3 is 2. The van der Waals surface area contributed by atoms with Crippen molar-refractivity contribution in [1.29, 1.82) is 0 Å². The van der Waals surface area contributed by atoms with E-state index in [1.807, 2.05) is 30.3 Å². The van der Waals surface area contributed by atoms with Crippen LogP contribution in [0.3, 0.4) is 0 Å². The number of carboxylic acids is 1. The smallest absolute Gasteiger partial charge is 0.317 e. The Kier molecular flexibility index (Phi) is 5.18. The van der Waals surface area contributed by atoms with Crippen molar-refractivity contribution in [3.05, 3.63) is 53.5 Å². The van der Waals surface area contributed by atoms with E-state index in [2.05, 4.69) is 22.1 Å². The summed E-state index contributed by atoms with van der Waals surface area (Å²) in [5.74, 6) is 0.299. The molecule has 0 unspecified atom stereocenters. The zero-order chi connectivity index (χ0) is 19.6. The molecule has 8 heteroatoms. The molecule has 0 amide bonds. The lowest BCUT2D eigenvalue weighted by Crippen LogP contribution is -2.22. The van der Waals surface area contributed by atoms with Gasteiger partial charge < -0.3 is 24.8 Å². The molecule has 1 aliphatic rings. The fraction of sp³-hybridized carbons (Fsp3) is 0.263. The van der Waals surface area contributed by atoms with Gasteiger partial charge in [0.15, 0.2) is 0 Å². The van der Waals surface area contributed by atoms with Crippen LogP contribution in [0.25, 0.3) is 11.3 Å². The summed E-state index contributed by atoms with van der Waals surface area (Å²) in [4.78, 5) is 12.7. The summed E-state index contributed by atoms with van der Waals surface area (Å²) < 4.78 is 11.1. The second-order valence-electron chi connectivity index (χ2n) is 6.12. The van der Waals surface area contributed by atoms with Crippen molar-refractivity contribution < 1.29 is 19.4 Å². The topological polar surface area (TPSA) is 99.7 Å². The lowest BCUT2D eigenvalue weighted by molar-refractivity contribution is -0.136. The number of hydrogen-bond acceptors (Lipinski definition) is 6. The number of rotatable bonds is 7. The number of fused-ring (bicyclic) bond motifs is 1. The van der Waals surface area contributed by atoms with E-state index in [1.54, 1.807) is 20.4 Å². The Labute approximate surface area is 157 Å². The largest absolute Gasteiger partial charge is 0.496 e. The molecule has 0 fully saturated rings. The summed E-state index contributed by atoms with van der Waals surface area (Å²) in [6.07, 6.45) is 3.75. The van der Waals surface area contributed by atoms with Gasteiger partial charge in [-0.25, -0.2) is 0 Å². The number of nitrogens with zero attached hydrogens (tertiary/aromatic N) is 2. The molecule has 0 saturated carbocycles. The zero-order valence-electron chi connectivity index (χ0n) is 15.5. The number of H-pyrrole nitrogens is 1. The first-order chi connectivity index (χ1) is 13.0. The highest BCUT2D eigenvalue weighted by atomic mass is 16.5.